The van der Waals surface area contributed by atoms with Gasteiger partial charge >= 0.3 is 0 Å². The van der Waals surface area contributed by atoms with Crippen LogP contribution < -0.4 is 4.90 Å². The van der Waals surface area contributed by atoms with Crippen molar-refractivity contribution in [1.29, 1.82) is 0 Å². The number of rotatable bonds is 3. The molecule has 1 atom stereocenters. The van der Waals surface area contributed by atoms with Crippen LogP contribution in [0.15, 0.2) is 156 Å². The van der Waals surface area contributed by atoms with E-state index in [1.54, 1.807) is 0 Å². The molecule has 2 aromatic heterocycles. The lowest BCUT2D eigenvalue weighted by Gasteiger charge is -2.42. The molecule has 0 N–H and O–H groups in total. The zero-order valence-corrected chi connectivity index (χ0v) is 27.5. The van der Waals surface area contributed by atoms with Crippen molar-refractivity contribution in [3.63, 3.8) is 0 Å². The number of pyridine rings is 1. The van der Waals surface area contributed by atoms with Gasteiger partial charge < -0.3 is 9.32 Å². The van der Waals surface area contributed by atoms with Crippen LogP contribution in [0.4, 0.5) is 17.1 Å². The summed E-state index contributed by atoms with van der Waals surface area (Å²) < 4.78 is 6.76. The van der Waals surface area contributed by atoms with Gasteiger partial charge in [0.05, 0.1) is 22.6 Å². The predicted molar refractivity (Wildman–Crippen MR) is 204 cm³/mol. The van der Waals surface area contributed by atoms with Crippen LogP contribution in [0.5, 0.6) is 0 Å². The highest BCUT2D eigenvalue weighted by atomic mass is 16.3. The minimum absolute atomic E-state index is 0.0921. The van der Waals surface area contributed by atoms with Gasteiger partial charge in [-0.3, -0.25) is 4.98 Å². The fourth-order valence-corrected chi connectivity index (χ4v) is 8.31. The predicted octanol–water partition coefficient (Wildman–Crippen LogP) is 12.7. The van der Waals surface area contributed by atoms with Crippen LogP contribution in [-0.4, -0.2) is 4.98 Å². The maximum Gasteiger partial charge on any atom is 0.143 e. The third-order valence-electron chi connectivity index (χ3n) is 10.7. The highest BCUT2D eigenvalue weighted by Crippen LogP contribution is 2.52. The zero-order chi connectivity index (χ0) is 32.7. The second-order valence-corrected chi connectivity index (χ2v) is 13.9. The first kappa shape index (κ1) is 28.1. The first-order valence-corrected chi connectivity index (χ1v) is 17.2. The molecule has 6 aromatic carbocycles. The minimum Gasteiger partial charge on any atom is -0.455 e. The van der Waals surface area contributed by atoms with Crippen molar-refractivity contribution in [3.05, 3.63) is 169 Å². The smallest absolute Gasteiger partial charge is 0.143 e. The number of hydrogen-bond acceptors (Lipinski definition) is 3. The van der Waals surface area contributed by atoms with E-state index in [1.165, 1.54) is 28.1 Å². The van der Waals surface area contributed by atoms with Gasteiger partial charge in [0.15, 0.2) is 0 Å². The van der Waals surface area contributed by atoms with Crippen molar-refractivity contribution in [2.45, 2.75) is 31.6 Å². The average Bonchev–Trinajstić information content (AvgIpc) is 3.53. The number of anilines is 3. The summed E-state index contributed by atoms with van der Waals surface area (Å²) in [5.41, 5.74) is 12.4. The van der Waals surface area contributed by atoms with Gasteiger partial charge in [0.25, 0.3) is 0 Å². The summed E-state index contributed by atoms with van der Waals surface area (Å²) >= 11 is 0. The Hall–Kier alpha value is -5.93. The molecule has 8 aromatic rings. The molecule has 0 bridgehead atoms. The fraction of sp³-hybridized carbons (Fsp3) is 0.109. The van der Waals surface area contributed by atoms with E-state index in [9.17, 15) is 0 Å². The Bertz CT molecular complexity index is 2640. The van der Waals surface area contributed by atoms with Crippen LogP contribution in [0.3, 0.4) is 0 Å². The van der Waals surface area contributed by atoms with Gasteiger partial charge in [-0.05, 0) is 77.2 Å². The first-order chi connectivity index (χ1) is 24.1. The Labute approximate surface area is 285 Å². The van der Waals surface area contributed by atoms with E-state index >= 15 is 0 Å². The number of hydrogen-bond donors (Lipinski definition) is 0. The summed E-state index contributed by atoms with van der Waals surface area (Å²) in [4.78, 5) is 7.62. The Kier molecular flexibility index (Phi) is 6.05. The molecule has 3 heterocycles. The number of benzene rings is 6. The largest absolute Gasteiger partial charge is 0.455 e. The Morgan fingerprint density at radius 1 is 0.653 bits per heavy atom. The minimum atomic E-state index is -0.0921. The van der Waals surface area contributed by atoms with Crippen molar-refractivity contribution in [3.8, 4) is 11.1 Å². The van der Waals surface area contributed by atoms with E-state index in [2.05, 4.69) is 170 Å². The molecule has 0 saturated heterocycles. The number of allylic oxidation sites excluding steroid dienone is 4. The molecule has 1 aliphatic carbocycles. The molecule has 3 heteroatoms. The lowest BCUT2D eigenvalue weighted by Crippen LogP contribution is -2.30. The maximum atomic E-state index is 6.76. The van der Waals surface area contributed by atoms with Crippen molar-refractivity contribution in [1.82, 2.24) is 4.98 Å². The fourth-order valence-electron chi connectivity index (χ4n) is 8.31. The second kappa shape index (κ2) is 10.5. The molecular weight excluding hydrogens is 597 g/mol. The van der Waals surface area contributed by atoms with Crippen molar-refractivity contribution >= 4 is 60.7 Å². The molecule has 10 rings (SSSR count). The molecule has 0 spiro atoms. The maximum absolute atomic E-state index is 6.76. The summed E-state index contributed by atoms with van der Waals surface area (Å²) in [5.74, 6) is 0.239. The van der Waals surface area contributed by atoms with Gasteiger partial charge in [-0.2, -0.15) is 0 Å². The molecule has 1 aliphatic heterocycles. The van der Waals surface area contributed by atoms with Gasteiger partial charge in [0, 0.05) is 44.0 Å². The summed E-state index contributed by atoms with van der Waals surface area (Å²) in [6, 6.07) is 46.2. The normalized spacial score (nSPS) is 16.4. The van der Waals surface area contributed by atoms with Crippen LogP contribution in [-0.2, 0) is 5.41 Å². The second-order valence-electron chi connectivity index (χ2n) is 13.9. The van der Waals surface area contributed by atoms with Crippen LogP contribution in [0.2, 0.25) is 0 Å². The molecular formula is C46H34N2O. The third kappa shape index (κ3) is 4.18. The van der Waals surface area contributed by atoms with Gasteiger partial charge in [0.2, 0.25) is 0 Å². The van der Waals surface area contributed by atoms with Gasteiger partial charge in [0.1, 0.15) is 11.2 Å². The Morgan fingerprint density at radius 3 is 2.18 bits per heavy atom. The van der Waals surface area contributed by atoms with E-state index in [1.807, 2.05) is 0 Å². The summed E-state index contributed by atoms with van der Waals surface area (Å²) in [6.07, 6.45) is 9.70. The number of aromatic nitrogens is 1. The molecule has 0 radical (unpaired) electrons. The van der Waals surface area contributed by atoms with E-state index in [4.69, 9.17) is 9.40 Å². The quantitative estimate of drug-likeness (QED) is 0.182. The van der Waals surface area contributed by atoms with Crippen LogP contribution in [0.25, 0.3) is 54.7 Å². The third-order valence-corrected chi connectivity index (χ3v) is 10.7. The van der Waals surface area contributed by atoms with Crippen LogP contribution in [0, 0.1) is 0 Å². The van der Waals surface area contributed by atoms with Crippen molar-refractivity contribution < 1.29 is 4.42 Å². The number of fused-ring (bicyclic) bond motifs is 9. The molecule has 0 amide bonds. The molecule has 0 saturated carbocycles. The highest BCUT2D eigenvalue weighted by Gasteiger charge is 2.36. The lowest BCUT2D eigenvalue weighted by molar-refractivity contribution is 0.632. The number of furan rings is 1. The van der Waals surface area contributed by atoms with Crippen molar-refractivity contribution in [2.24, 2.45) is 0 Å². The van der Waals surface area contributed by atoms with Crippen LogP contribution in [0.1, 0.15) is 43.0 Å². The molecule has 3 nitrogen and oxygen atoms in total. The standard InChI is InChI=1S/C46H34N2O/c1-46(2)37-18-7-10-21-40(37)48(41-22-11-8-19-38(41)46)32-16-12-15-30(27-32)31-23-26-42-36(28-31)33-24-25-35-43(45(33)49-42)34-17-6-9-20-39(34)47-44(35)29-13-4-3-5-14-29/h3-13,15-29H,14H2,1-2H3. The molecule has 0 fully saturated rings. The first-order valence-electron chi connectivity index (χ1n) is 17.2. The number of para-hydroxylation sites is 3. The summed E-state index contributed by atoms with van der Waals surface area (Å²) in [7, 11) is 0. The van der Waals surface area contributed by atoms with Gasteiger partial charge in [-0.1, -0.05) is 117 Å². The Balaban J connectivity index is 1.14. The van der Waals surface area contributed by atoms with Crippen LogP contribution >= 0.6 is 0 Å². The summed E-state index contributed by atoms with van der Waals surface area (Å²) in [6.45, 7) is 4.66. The molecule has 49 heavy (non-hydrogen) atoms. The molecule has 234 valence electrons. The summed E-state index contributed by atoms with van der Waals surface area (Å²) in [5, 5.41) is 5.68. The van der Waals surface area contributed by atoms with E-state index in [-0.39, 0.29) is 11.3 Å². The van der Waals surface area contributed by atoms with Gasteiger partial charge in [-0.25, -0.2) is 0 Å². The zero-order valence-electron chi connectivity index (χ0n) is 27.5. The molecule has 2 aliphatic rings. The number of nitrogens with zero attached hydrogens (tertiary/aromatic N) is 2. The highest BCUT2D eigenvalue weighted by molar-refractivity contribution is 6.23. The SMILES string of the molecule is CC1(C)c2ccccc2N(c2cccc(-c3ccc4oc5c(ccc6c(C7C=CC=CC7)nc7ccccc7c65)c4c3)c2)c2ccccc21. The van der Waals surface area contributed by atoms with Crippen molar-refractivity contribution in [2.75, 3.05) is 4.90 Å². The van der Waals surface area contributed by atoms with E-state index in [0.717, 1.165) is 67.0 Å². The monoisotopic (exact) mass is 630 g/mol. The Morgan fingerprint density at radius 2 is 1.39 bits per heavy atom. The van der Waals surface area contributed by atoms with Gasteiger partial charge in [-0.15, -0.1) is 0 Å². The lowest BCUT2D eigenvalue weighted by atomic mass is 9.73. The topological polar surface area (TPSA) is 29.3 Å². The molecule has 1 unspecified atom stereocenters. The van der Waals surface area contributed by atoms with E-state index < -0.39 is 0 Å². The van der Waals surface area contributed by atoms with E-state index in [0.29, 0.717) is 0 Å². The average molecular weight is 631 g/mol.